The van der Waals surface area contributed by atoms with Crippen LogP contribution in [-0.2, 0) is 0 Å². The first kappa shape index (κ1) is 13.7. The van der Waals surface area contributed by atoms with Crippen molar-refractivity contribution in [3.8, 4) is 5.75 Å². The van der Waals surface area contributed by atoms with E-state index in [0.29, 0.717) is 12.0 Å². The average Bonchev–Trinajstić information content (AvgIpc) is 2.71. The lowest BCUT2D eigenvalue weighted by atomic mass is 9.93. The molecule has 1 heterocycles. The highest BCUT2D eigenvalue weighted by Crippen LogP contribution is 2.43. The Kier molecular flexibility index (Phi) is 4.49. The minimum atomic E-state index is 0.334. The van der Waals surface area contributed by atoms with E-state index in [-0.39, 0.29) is 0 Å². The van der Waals surface area contributed by atoms with Crippen molar-refractivity contribution in [2.75, 3.05) is 34.3 Å². The zero-order chi connectivity index (χ0) is 13.1. The predicted molar refractivity (Wildman–Crippen MR) is 75.4 cm³/mol. The molecule has 1 aliphatic heterocycles. The van der Waals surface area contributed by atoms with Crippen LogP contribution in [0.2, 0.25) is 5.02 Å². The van der Waals surface area contributed by atoms with Gasteiger partial charge >= 0.3 is 0 Å². The van der Waals surface area contributed by atoms with Crippen LogP contribution in [0.1, 0.15) is 18.0 Å². The van der Waals surface area contributed by atoms with Crippen molar-refractivity contribution in [3.05, 3.63) is 28.8 Å². The zero-order valence-electron chi connectivity index (χ0n) is 11.2. The molecule has 0 amide bonds. The van der Waals surface area contributed by atoms with E-state index in [0.717, 1.165) is 29.4 Å². The highest BCUT2D eigenvalue weighted by Gasteiger charge is 2.35. The van der Waals surface area contributed by atoms with E-state index in [1.807, 2.05) is 25.2 Å². The molecule has 0 bridgehead atoms. The van der Waals surface area contributed by atoms with Gasteiger partial charge in [-0.15, -0.1) is 0 Å². The van der Waals surface area contributed by atoms with Gasteiger partial charge in [0, 0.05) is 16.6 Å². The topological polar surface area (TPSA) is 24.5 Å². The van der Waals surface area contributed by atoms with Crippen LogP contribution < -0.4 is 10.1 Å². The van der Waals surface area contributed by atoms with E-state index in [1.54, 1.807) is 7.11 Å². The molecule has 0 spiro atoms. The van der Waals surface area contributed by atoms with E-state index >= 15 is 0 Å². The Morgan fingerprint density at radius 2 is 2.28 bits per heavy atom. The number of methoxy groups -OCH3 is 1. The number of nitrogens with one attached hydrogen (secondary N) is 1. The van der Waals surface area contributed by atoms with Crippen molar-refractivity contribution < 1.29 is 4.74 Å². The van der Waals surface area contributed by atoms with Crippen molar-refractivity contribution >= 4 is 11.6 Å². The number of benzene rings is 1. The van der Waals surface area contributed by atoms with Crippen molar-refractivity contribution in [3.63, 3.8) is 0 Å². The molecule has 1 aliphatic rings. The maximum absolute atomic E-state index is 6.39. The van der Waals surface area contributed by atoms with E-state index in [9.17, 15) is 0 Å². The highest BCUT2D eigenvalue weighted by molar-refractivity contribution is 6.31. The third-order valence-corrected chi connectivity index (χ3v) is 4.10. The number of ether oxygens (including phenoxy) is 1. The Balaban J connectivity index is 2.39. The summed E-state index contributed by atoms with van der Waals surface area (Å²) in [5.74, 6) is 1.47. The van der Waals surface area contributed by atoms with Crippen LogP contribution in [0.4, 0.5) is 0 Å². The van der Waals surface area contributed by atoms with Crippen LogP contribution in [-0.4, -0.2) is 39.2 Å². The fraction of sp³-hybridized carbons (Fsp3) is 0.571. The Morgan fingerprint density at radius 1 is 1.50 bits per heavy atom. The van der Waals surface area contributed by atoms with Crippen LogP contribution in [0, 0.1) is 5.92 Å². The van der Waals surface area contributed by atoms with Gasteiger partial charge in [-0.3, -0.25) is 4.90 Å². The second kappa shape index (κ2) is 5.91. The quantitative estimate of drug-likeness (QED) is 0.908. The van der Waals surface area contributed by atoms with Crippen molar-refractivity contribution in [2.45, 2.75) is 12.5 Å². The van der Waals surface area contributed by atoms with Gasteiger partial charge in [-0.25, -0.2) is 0 Å². The summed E-state index contributed by atoms with van der Waals surface area (Å²) < 4.78 is 5.48. The SMILES string of the molecule is CNCC1CCN(C)C1c1c(Cl)cccc1OC. The first-order valence-electron chi connectivity index (χ1n) is 6.36. The van der Waals surface area contributed by atoms with Crippen molar-refractivity contribution in [1.29, 1.82) is 0 Å². The molecule has 2 atom stereocenters. The summed E-state index contributed by atoms with van der Waals surface area (Å²) in [5.41, 5.74) is 1.13. The molecule has 0 radical (unpaired) electrons. The van der Waals surface area contributed by atoms with Crippen molar-refractivity contribution in [1.82, 2.24) is 10.2 Å². The summed E-state index contributed by atoms with van der Waals surface area (Å²) in [6.45, 7) is 2.11. The van der Waals surface area contributed by atoms with Gasteiger partial charge in [0.15, 0.2) is 0 Å². The standard InChI is InChI=1S/C14H21ClN2O/c1-16-9-10-7-8-17(2)14(10)13-11(15)5-4-6-12(13)18-3/h4-6,10,14,16H,7-9H2,1-3H3. The lowest BCUT2D eigenvalue weighted by Crippen LogP contribution is -2.27. The second-order valence-electron chi connectivity index (χ2n) is 4.89. The van der Waals surface area contributed by atoms with Gasteiger partial charge in [0.2, 0.25) is 0 Å². The summed E-state index contributed by atoms with van der Waals surface area (Å²) in [4.78, 5) is 2.37. The van der Waals surface area contributed by atoms with E-state index in [4.69, 9.17) is 16.3 Å². The summed E-state index contributed by atoms with van der Waals surface area (Å²) in [7, 11) is 5.86. The molecule has 2 unspecified atom stereocenters. The monoisotopic (exact) mass is 268 g/mol. The van der Waals surface area contributed by atoms with Crippen LogP contribution >= 0.6 is 11.6 Å². The number of nitrogens with zero attached hydrogens (tertiary/aromatic N) is 1. The number of hydrogen-bond acceptors (Lipinski definition) is 3. The van der Waals surface area contributed by atoms with Gasteiger partial charge < -0.3 is 10.1 Å². The van der Waals surface area contributed by atoms with Gasteiger partial charge in [-0.1, -0.05) is 17.7 Å². The fourth-order valence-corrected chi connectivity index (χ4v) is 3.22. The van der Waals surface area contributed by atoms with Gasteiger partial charge in [0.05, 0.1) is 7.11 Å². The molecule has 100 valence electrons. The van der Waals surface area contributed by atoms with Gasteiger partial charge in [-0.2, -0.15) is 0 Å². The lowest BCUT2D eigenvalue weighted by Gasteiger charge is -2.27. The third kappa shape index (κ3) is 2.48. The fourth-order valence-electron chi connectivity index (χ4n) is 2.94. The summed E-state index contributed by atoms with van der Waals surface area (Å²) in [6, 6.07) is 6.21. The Labute approximate surface area is 114 Å². The lowest BCUT2D eigenvalue weighted by molar-refractivity contribution is 0.265. The molecule has 2 rings (SSSR count). The summed E-state index contributed by atoms with van der Waals surface area (Å²) in [6.07, 6.45) is 1.19. The Hall–Kier alpha value is -0.770. The van der Waals surface area contributed by atoms with Crippen molar-refractivity contribution in [2.24, 2.45) is 5.92 Å². The molecule has 1 aromatic rings. The summed E-state index contributed by atoms with van der Waals surface area (Å²) >= 11 is 6.39. The summed E-state index contributed by atoms with van der Waals surface area (Å²) in [5, 5.41) is 4.08. The van der Waals surface area contributed by atoms with E-state index < -0.39 is 0 Å². The van der Waals surface area contributed by atoms with Gasteiger partial charge in [0.1, 0.15) is 5.75 Å². The van der Waals surface area contributed by atoms with E-state index in [1.165, 1.54) is 6.42 Å². The number of rotatable bonds is 4. The number of halogens is 1. The molecule has 1 saturated heterocycles. The van der Waals surface area contributed by atoms with E-state index in [2.05, 4.69) is 17.3 Å². The van der Waals surface area contributed by atoms with Crippen LogP contribution in [0.15, 0.2) is 18.2 Å². The molecule has 18 heavy (non-hydrogen) atoms. The predicted octanol–water partition coefficient (Wildman–Crippen LogP) is 2.56. The molecule has 1 aromatic carbocycles. The molecule has 0 saturated carbocycles. The first-order chi connectivity index (χ1) is 8.69. The smallest absolute Gasteiger partial charge is 0.125 e. The van der Waals surface area contributed by atoms with Crippen LogP contribution in [0.5, 0.6) is 5.75 Å². The maximum Gasteiger partial charge on any atom is 0.125 e. The average molecular weight is 269 g/mol. The van der Waals surface area contributed by atoms with Crippen LogP contribution in [0.25, 0.3) is 0 Å². The molecule has 0 aromatic heterocycles. The minimum Gasteiger partial charge on any atom is -0.496 e. The number of likely N-dealkylation sites (tertiary alicyclic amines) is 1. The highest BCUT2D eigenvalue weighted by atomic mass is 35.5. The first-order valence-corrected chi connectivity index (χ1v) is 6.74. The third-order valence-electron chi connectivity index (χ3n) is 3.77. The van der Waals surface area contributed by atoms with Gasteiger partial charge in [-0.05, 0) is 51.7 Å². The molecule has 3 nitrogen and oxygen atoms in total. The van der Waals surface area contributed by atoms with Crippen LogP contribution in [0.3, 0.4) is 0 Å². The largest absolute Gasteiger partial charge is 0.496 e. The molecular formula is C14H21ClN2O. The maximum atomic E-state index is 6.39. The molecule has 1 N–H and O–H groups in total. The Morgan fingerprint density at radius 3 is 2.94 bits per heavy atom. The van der Waals surface area contributed by atoms with Gasteiger partial charge in [0.25, 0.3) is 0 Å². The molecule has 0 aliphatic carbocycles. The molecular weight excluding hydrogens is 248 g/mol. The number of hydrogen-bond donors (Lipinski definition) is 1. The molecule has 4 heteroatoms. The minimum absolute atomic E-state index is 0.334. The zero-order valence-corrected chi connectivity index (χ0v) is 12.0. The normalized spacial score (nSPS) is 24.4. The Bertz CT molecular complexity index is 409. The second-order valence-corrected chi connectivity index (χ2v) is 5.29. The molecule has 1 fully saturated rings.